The van der Waals surface area contributed by atoms with Gasteiger partial charge in [0.2, 0.25) is 0 Å². The predicted octanol–water partition coefficient (Wildman–Crippen LogP) is 3.52. The highest BCUT2D eigenvalue weighted by Gasteiger charge is 2.15. The minimum absolute atomic E-state index is 0.237. The highest BCUT2D eigenvalue weighted by Crippen LogP contribution is 2.24. The Kier molecular flexibility index (Phi) is 4.35. The molecule has 0 radical (unpaired) electrons. The molecule has 0 atom stereocenters. The van der Waals surface area contributed by atoms with Crippen LogP contribution in [0.25, 0.3) is 16.9 Å². The maximum atomic E-state index is 12.8. The van der Waals surface area contributed by atoms with E-state index in [1.54, 1.807) is 40.9 Å². The Balaban J connectivity index is 1.68. The lowest BCUT2D eigenvalue weighted by molar-refractivity contribution is 0.601. The molecule has 28 heavy (non-hydrogen) atoms. The number of anilines is 1. The molecule has 0 amide bonds. The number of hydrogen-bond donors (Lipinski definition) is 1. The molecule has 0 aliphatic heterocycles. The number of benzene rings is 2. The molecule has 2 aromatic heterocycles. The highest BCUT2D eigenvalue weighted by molar-refractivity contribution is 7.92. The van der Waals surface area contributed by atoms with Gasteiger partial charge in [-0.2, -0.15) is 9.61 Å². The van der Waals surface area contributed by atoms with E-state index >= 15 is 0 Å². The molecule has 1 N–H and O–H groups in total. The zero-order valence-electron chi connectivity index (χ0n) is 15.7. The Hall–Kier alpha value is -3.26. The third kappa shape index (κ3) is 3.34. The summed E-state index contributed by atoms with van der Waals surface area (Å²) < 4.78 is 29.8. The first kappa shape index (κ1) is 18.1. The molecule has 0 aliphatic carbocycles. The lowest BCUT2D eigenvalue weighted by Gasteiger charge is -2.11. The Morgan fingerprint density at radius 3 is 2.50 bits per heavy atom. The maximum absolute atomic E-state index is 12.8. The number of rotatable bonds is 4. The first-order valence-corrected chi connectivity index (χ1v) is 10.2. The molecule has 4 aromatic rings. The fraction of sp³-hybridized carbons (Fsp3) is 0.150. The summed E-state index contributed by atoms with van der Waals surface area (Å²) in [7, 11) is -3.68. The van der Waals surface area contributed by atoms with E-state index in [0.717, 1.165) is 16.7 Å². The second kappa shape index (κ2) is 6.72. The third-order valence-corrected chi connectivity index (χ3v) is 6.00. The van der Waals surface area contributed by atoms with Crippen molar-refractivity contribution in [2.45, 2.75) is 25.7 Å². The summed E-state index contributed by atoms with van der Waals surface area (Å²) >= 11 is 0. The van der Waals surface area contributed by atoms with E-state index in [0.29, 0.717) is 22.9 Å². The van der Waals surface area contributed by atoms with Crippen molar-refractivity contribution in [3.8, 4) is 11.3 Å². The maximum Gasteiger partial charge on any atom is 0.261 e. The van der Waals surface area contributed by atoms with Gasteiger partial charge in [-0.05, 0) is 68.3 Å². The normalized spacial score (nSPS) is 11.7. The average Bonchev–Trinajstić information content (AvgIpc) is 3.04. The van der Waals surface area contributed by atoms with Crippen LogP contribution in [0.1, 0.15) is 17.0 Å². The molecule has 0 bridgehead atoms. The molecule has 0 aliphatic rings. The number of fused-ring (bicyclic) bond motifs is 1. The molecule has 0 spiro atoms. The molecular formula is C20H19N5O2S. The summed E-state index contributed by atoms with van der Waals surface area (Å²) in [6.07, 6.45) is 0. The van der Waals surface area contributed by atoms with Crippen molar-refractivity contribution in [1.82, 2.24) is 19.8 Å². The quantitative estimate of drug-likeness (QED) is 0.573. The lowest BCUT2D eigenvalue weighted by Crippen LogP contribution is -2.13. The minimum Gasteiger partial charge on any atom is -0.280 e. The molecule has 8 heteroatoms. The Morgan fingerprint density at radius 1 is 0.893 bits per heavy atom. The summed E-state index contributed by atoms with van der Waals surface area (Å²) in [5.74, 6) is 0.684. The monoisotopic (exact) mass is 393 g/mol. The second-order valence-electron chi connectivity index (χ2n) is 6.67. The first-order valence-electron chi connectivity index (χ1n) is 8.73. The number of nitrogens with one attached hydrogen (secondary N) is 1. The molecule has 0 unspecified atom stereocenters. The fourth-order valence-electron chi connectivity index (χ4n) is 2.89. The summed E-state index contributed by atoms with van der Waals surface area (Å²) in [4.78, 5) is 0.237. The fourth-order valence-corrected chi connectivity index (χ4v) is 4.02. The summed E-state index contributed by atoms with van der Waals surface area (Å²) in [5, 5.41) is 12.6. The molecule has 2 heterocycles. The van der Waals surface area contributed by atoms with Crippen LogP contribution in [-0.4, -0.2) is 28.2 Å². The molecule has 142 valence electrons. The van der Waals surface area contributed by atoms with Crippen molar-refractivity contribution >= 4 is 21.4 Å². The zero-order chi connectivity index (χ0) is 19.9. The van der Waals surface area contributed by atoms with Crippen LogP contribution < -0.4 is 4.72 Å². The van der Waals surface area contributed by atoms with Crippen LogP contribution in [-0.2, 0) is 10.0 Å². The van der Waals surface area contributed by atoms with Gasteiger partial charge < -0.3 is 0 Å². The first-order chi connectivity index (χ1) is 13.3. The largest absolute Gasteiger partial charge is 0.280 e. The lowest BCUT2D eigenvalue weighted by atomic mass is 10.1. The van der Waals surface area contributed by atoms with E-state index < -0.39 is 10.0 Å². The number of sulfonamides is 1. The Labute approximate surface area is 163 Å². The molecule has 0 fully saturated rings. The minimum atomic E-state index is -3.68. The van der Waals surface area contributed by atoms with Crippen LogP contribution in [0.3, 0.4) is 0 Å². The van der Waals surface area contributed by atoms with E-state index in [4.69, 9.17) is 0 Å². The second-order valence-corrected chi connectivity index (χ2v) is 8.35. The van der Waals surface area contributed by atoms with Gasteiger partial charge in [0, 0.05) is 11.3 Å². The van der Waals surface area contributed by atoms with Gasteiger partial charge in [0.05, 0.1) is 10.6 Å². The van der Waals surface area contributed by atoms with Crippen molar-refractivity contribution in [3.63, 3.8) is 0 Å². The van der Waals surface area contributed by atoms with Crippen molar-refractivity contribution in [3.05, 3.63) is 71.5 Å². The van der Waals surface area contributed by atoms with E-state index in [-0.39, 0.29) is 4.90 Å². The van der Waals surface area contributed by atoms with Crippen LogP contribution in [0.4, 0.5) is 5.69 Å². The Morgan fingerprint density at radius 2 is 1.71 bits per heavy atom. The van der Waals surface area contributed by atoms with Gasteiger partial charge >= 0.3 is 0 Å². The van der Waals surface area contributed by atoms with Crippen molar-refractivity contribution in [2.24, 2.45) is 0 Å². The van der Waals surface area contributed by atoms with Gasteiger partial charge in [-0.1, -0.05) is 18.2 Å². The van der Waals surface area contributed by atoms with Gasteiger partial charge in [-0.15, -0.1) is 10.2 Å². The van der Waals surface area contributed by atoms with Crippen LogP contribution in [0.5, 0.6) is 0 Å². The van der Waals surface area contributed by atoms with E-state index in [1.807, 2.05) is 39.0 Å². The zero-order valence-corrected chi connectivity index (χ0v) is 16.5. The molecular weight excluding hydrogens is 374 g/mol. The Bertz CT molecular complexity index is 1300. The molecule has 4 rings (SSSR count). The SMILES string of the molecule is Cc1ccc(S(=O)(=O)Nc2cccc(-c3ccc4nnc(C)n4n3)c2)cc1C. The van der Waals surface area contributed by atoms with Crippen LogP contribution in [0, 0.1) is 20.8 Å². The van der Waals surface area contributed by atoms with Crippen LogP contribution >= 0.6 is 0 Å². The van der Waals surface area contributed by atoms with Crippen molar-refractivity contribution < 1.29 is 8.42 Å². The highest BCUT2D eigenvalue weighted by atomic mass is 32.2. The summed E-state index contributed by atoms with van der Waals surface area (Å²) in [5.41, 5.74) is 4.59. The third-order valence-electron chi connectivity index (χ3n) is 4.62. The van der Waals surface area contributed by atoms with Crippen molar-refractivity contribution in [2.75, 3.05) is 4.72 Å². The number of hydrogen-bond acceptors (Lipinski definition) is 5. The van der Waals surface area contributed by atoms with Crippen LogP contribution in [0.15, 0.2) is 59.5 Å². The van der Waals surface area contributed by atoms with Gasteiger partial charge in [0.15, 0.2) is 11.5 Å². The van der Waals surface area contributed by atoms with E-state index in [1.165, 1.54) is 0 Å². The number of aryl methyl sites for hydroxylation is 3. The molecule has 0 saturated carbocycles. The van der Waals surface area contributed by atoms with Gasteiger partial charge in [0.25, 0.3) is 10.0 Å². The summed E-state index contributed by atoms with van der Waals surface area (Å²) in [6.45, 7) is 5.67. The molecule has 2 aromatic carbocycles. The number of aromatic nitrogens is 4. The predicted molar refractivity (Wildman–Crippen MR) is 108 cm³/mol. The summed E-state index contributed by atoms with van der Waals surface area (Å²) in [6, 6.07) is 15.9. The standard InChI is InChI=1S/C20H19N5O2S/c1-13-7-8-18(11-14(13)2)28(26,27)24-17-6-4-5-16(12-17)19-9-10-20-22-21-15(3)25(20)23-19/h4-12,24H,1-3H3. The van der Waals surface area contributed by atoms with E-state index in [9.17, 15) is 8.42 Å². The van der Waals surface area contributed by atoms with Gasteiger partial charge in [-0.3, -0.25) is 4.72 Å². The number of nitrogens with zero attached hydrogens (tertiary/aromatic N) is 4. The van der Waals surface area contributed by atoms with E-state index in [2.05, 4.69) is 20.0 Å². The van der Waals surface area contributed by atoms with Gasteiger partial charge in [-0.25, -0.2) is 8.42 Å². The van der Waals surface area contributed by atoms with Crippen LogP contribution in [0.2, 0.25) is 0 Å². The van der Waals surface area contributed by atoms with Crippen molar-refractivity contribution in [1.29, 1.82) is 0 Å². The van der Waals surface area contributed by atoms with Gasteiger partial charge in [0.1, 0.15) is 0 Å². The average molecular weight is 393 g/mol. The topological polar surface area (TPSA) is 89.2 Å². The molecule has 7 nitrogen and oxygen atoms in total. The smallest absolute Gasteiger partial charge is 0.261 e. The molecule has 0 saturated heterocycles.